The van der Waals surface area contributed by atoms with Crippen molar-refractivity contribution in [2.75, 3.05) is 11.1 Å². The van der Waals surface area contributed by atoms with Gasteiger partial charge in [-0.2, -0.15) is 5.26 Å². The van der Waals surface area contributed by atoms with Crippen LogP contribution in [0.25, 0.3) is 0 Å². The van der Waals surface area contributed by atoms with Crippen molar-refractivity contribution in [3.05, 3.63) is 62.8 Å². The Kier molecular flexibility index (Phi) is 6.14. The number of para-hydroxylation sites is 1. The van der Waals surface area contributed by atoms with Crippen LogP contribution in [0.5, 0.6) is 0 Å². The molecule has 3 rings (SSSR count). The maximum absolute atomic E-state index is 13.3. The zero-order valence-corrected chi connectivity index (χ0v) is 17.7. The second-order valence-corrected chi connectivity index (χ2v) is 9.09. The summed E-state index contributed by atoms with van der Waals surface area (Å²) in [5.41, 5.74) is 0.625. The molecule has 1 aliphatic heterocycles. The topological polar surface area (TPSA) is 85.2 Å². The fourth-order valence-electron chi connectivity index (χ4n) is 3.49. The lowest BCUT2D eigenvalue weighted by Crippen LogP contribution is -2.57. The van der Waals surface area contributed by atoms with E-state index in [0.717, 1.165) is 16.2 Å². The molecule has 0 radical (unpaired) electrons. The van der Waals surface area contributed by atoms with E-state index in [9.17, 15) is 15.2 Å². The van der Waals surface area contributed by atoms with Crippen LogP contribution >= 0.6 is 23.1 Å². The third kappa shape index (κ3) is 3.95. The number of amides is 1. The third-order valence-electron chi connectivity index (χ3n) is 4.81. The van der Waals surface area contributed by atoms with E-state index < -0.39 is 17.6 Å². The van der Waals surface area contributed by atoms with E-state index >= 15 is 0 Å². The molecule has 1 aliphatic rings. The van der Waals surface area contributed by atoms with Crippen molar-refractivity contribution in [1.82, 2.24) is 5.32 Å². The Bertz CT molecular complexity index is 929. The molecule has 0 bridgehead atoms. The van der Waals surface area contributed by atoms with Crippen LogP contribution in [0.1, 0.15) is 30.2 Å². The molecule has 1 aromatic heterocycles. The molecule has 3 N–H and O–H groups in total. The predicted octanol–water partition coefficient (Wildman–Crippen LogP) is 4.20. The van der Waals surface area contributed by atoms with Crippen LogP contribution in [0.2, 0.25) is 0 Å². The number of rotatable bonds is 5. The number of allylic oxidation sites excluding steroid dienone is 1. The lowest BCUT2D eigenvalue weighted by atomic mass is 9.76. The minimum atomic E-state index is -1.50. The van der Waals surface area contributed by atoms with Gasteiger partial charge >= 0.3 is 0 Å². The van der Waals surface area contributed by atoms with Crippen molar-refractivity contribution in [2.24, 2.45) is 5.92 Å². The van der Waals surface area contributed by atoms with E-state index in [1.807, 2.05) is 55.6 Å². The van der Waals surface area contributed by atoms with Crippen LogP contribution in [0.15, 0.2) is 52.4 Å². The first-order valence-electron chi connectivity index (χ1n) is 9.06. The summed E-state index contributed by atoms with van der Waals surface area (Å²) in [7, 11) is 0. The second-order valence-electron chi connectivity index (χ2n) is 6.84. The number of hydrogen-bond donors (Lipinski definition) is 3. The van der Waals surface area contributed by atoms with Crippen molar-refractivity contribution < 1.29 is 9.90 Å². The first kappa shape index (κ1) is 20.5. The van der Waals surface area contributed by atoms with Crippen molar-refractivity contribution in [3.8, 4) is 6.07 Å². The molecular formula is C21H23N3O2S2. The van der Waals surface area contributed by atoms with E-state index in [0.29, 0.717) is 16.3 Å². The minimum Gasteiger partial charge on any atom is -0.370 e. The van der Waals surface area contributed by atoms with Crippen molar-refractivity contribution >= 4 is 34.7 Å². The average Bonchev–Trinajstić information content (AvgIpc) is 3.17. The van der Waals surface area contributed by atoms with Crippen LogP contribution in [-0.4, -0.2) is 22.5 Å². The summed E-state index contributed by atoms with van der Waals surface area (Å²) >= 11 is 2.95. The van der Waals surface area contributed by atoms with Crippen molar-refractivity contribution in [2.45, 2.75) is 32.4 Å². The molecule has 7 heteroatoms. The zero-order chi connectivity index (χ0) is 20.3. The van der Waals surface area contributed by atoms with E-state index in [-0.39, 0.29) is 5.91 Å². The number of anilines is 1. The first-order chi connectivity index (χ1) is 13.4. The Labute approximate surface area is 173 Å². The number of thiophene rings is 1. The number of nitriles is 1. The van der Waals surface area contributed by atoms with Crippen LogP contribution in [0.4, 0.5) is 5.69 Å². The van der Waals surface area contributed by atoms with Gasteiger partial charge in [0.1, 0.15) is 5.72 Å². The lowest BCUT2D eigenvalue weighted by Gasteiger charge is -2.43. The Morgan fingerprint density at radius 2 is 2.14 bits per heavy atom. The first-order valence-corrected chi connectivity index (χ1v) is 10.9. The largest absolute Gasteiger partial charge is 0.370 e. The third-order valence-corrected chi connectivity index (χ3v) is 6.66. The minimum absolute atomic E-state index is 0.321. The standard InChI is InChI=1S/C21H23N3O2S2/c1-4-27-20-14(12-22)17(16-10-7-11-28-16)18(21(3,26)24-20)19(25)23-15-9-6-5-8-13(15)2/h5-11,17-18,24,26H,4H2,1-3H3,(H,23,25)/t17-,18-,21+/m0/s1. The monoisotopic (exact) mass is 413 g/mol. The molecule has 0 unspecified atom stereocenters. The molecule has 146 valence electrons. The molecule has 2 aromatic rings. The smallest absolute Gasteiger partial charge is 0.233 e. The fourth-order valence-corrected chi connectivity index (χ4v) is 5.26. The number of nitrogens with zero attached hydrogens (tertiary/aromatic N) is 1. The highest BCUT2D eigenvalue weighted by molar-refractivity contribution is 8.03. The lowest BCUT2D eigenvalue weighted by molar-refractivity contribution is -0.131. The molecule has 0 saturated heterocycles. The van der Waals surface area contributed by atoms with E-state index in [1.54, 1.807) is 6.92 Å². The number of aliphatic hydroxyl groups is 1. The molecule has 5 nitrogen and oxygen atoms in total. The van der Waals surface area contributed by atoms with Gasteiger partial charge in [0.05, 0.1) is 22.6 Å². The Morgan fingerprint density at radius 1 is 1.39 bits per heavy atom. The molecule has 0 spiro atoms. The SMILES string of the molecule is CCSC1=C(C#N)[C@@H](c2cccs2)[C@@H](C(=O)Nc2ccccc2C)[C@@](C)(O)N1. The number of thioether (sulfide) groups is 1. The highest BCUT2D eigenvalue weighted by Crippen LogP contribution is 2.46. The second kappa shape index (κ2) is 8.39. The zero-order valence-electron chi connectivity index (χ0n) is 16.0. The summed E-state index contributed by atoms with van der Waals surface area (Å²) in [5, 5.41) is 29.6. The van der Waals surface area contributed by atoms with E-state index in [2.05, 4.69) is 16.7 Å². The van der Waals surface area contributed by atoms with Gasteiger partial charge in [0.25, 0.3) is 0 Å². The van der Waals surface area contributed by atoms with Gasteiger partial charge in [0.15, 0.2) is 0 Å². The number of carbonyl (C=O) groups is 1. The van der Waals surface area contributed by atoms with Crippen LogP contribution in [-0.2, 0) is 4.79 Å². The van der Waals surface area contributed by atoms with E-state index in [1.165, 1.54) is 23.1 Å². The average molecular weight is 414 g/mol. The number of hydrogen-bond acceptors (Lipinski definition) is 6. The van der Waals surface area contributed by atoms with Gasteiger partial charge < -0.3 is 15.7 Å². The van der Waals surface area contributed by atoms with Crippen LogP contribution < -0.4 is 10.6 Å². The predicted molar refractivity (Wildman–Crippen MR) is 115 cm³/mol. The summed E-state index contributed by atoms with van der Waals surface area (Å²) in [5.74, 6) is -0.944. The van der Waals surface area contributed by atoms with Gasteiger partial charge in [-0.3, -0.25) is 4.79 Å². The highest BCUT2D eigenvalue weighted by Gasteiger charge is 2.50. The van der Waals surface area contributed by atoms with Crippen molar-refractivity contribution in [3.63, 3.8) is 0 Å². The maximum atomic E-state index is 13.3. The van der Waals surface area contributed by atoms with E-state index in [4.69, 9.17) is 0 Å². The normalized spacial score (nSPS) is 24.4. The summed E-state index contributed by atoms with van der Waals surface area (Å²) in [4.78, 5) is 14.2. The molecular weight excluding hydrogens is 390 g/mol. The van der Waals surface area contributed by atoms with Gasteiger partial charge in [0.2, 0.25) is 5.91 Å². The summed E-state index contributed by atoms with van der Waals surface area (Å²) < 4.78 is 0. The Morgan fingerprint density at radius 3 is 2.75 bits per heavy atom. The van der Waals surface area contributed by atoms with Crippen molar-refractivity contribution in [1.29, 1.82) is 5.26 Å². The number of aryl methyl sites for hydroxylation is 1. The number of benzene rings is 1. The Balaban J connectivity index is 2.07. The van der Waals surface area contributed by atoms with Crippen LogP contribution in [0, 0.1) is 24.2 Å². The summed E-state index contributed by atoms with van der Waals surface area (Å²) in [6.07, 6.45) is 0. The molecule has 0 saturated carbocycles. The van der Waals surface area contributed by atoms with Gasteiger partial charge in [-0.05, 0) is 42.7 Å². The maximum Gasteiger partial charge on any atom is 0.233 e. The molecule has 0 fully saturated rings. The van der Waals surface area contributed by atoms with Gasteiger partial charge in [0, 0.05) is 16.5 Å². The fraction of sp³-hybridized carbons (Fsp3) is 0.333. The molecule has 1 amide bonds. The van der Waals surface area contributed by atoms with Crippen LogP contribution in [0.3, 0.4) is 0 Å². The summed E-state index contributed by atoms with van der Waals surface area (Å²) in [6, 6.07) is 13.6. The summed E-state index contributed by atoms with van der Waals surface area (Å²) in [6.45, 7) is 5.50. The molecule has 0 aliphatic carbocycles. The number of nitrogens with one attached hydrogen (secondary N) is 2. The van der Waals surface area contributed by atoms with Gasteiger partial charge in [-0.1, -0.05) is 31.2 Å². The molecule has 2 heterocycles. The van der Waals surface area contributed by atoms with Gasteiger partial charge in [-0.25, -0.2) is 0 Å². The number of carbonyl (C=O) groups excluding carboxylic acids is 1. The molecule has 3 atom stereocenters. The quantitative estimate of drug-likeness (QED) is 0.684. The highest BCUT2D eigenvalue weighted by atomic mass is 32.2. The molecule has 1 aromatic carbocycles. The molecule has 28 heavy (non-hydrogen) atoms. The Hall–Kier alpha value is -2.27. The van der Waals surface area contributed by atoms with Gasteiger partial charge in [-0.15, -0.1) is 23.1 Å².